The van der Waals surface area contributed by atoms with E-state index in [1.54, 1.807) is 0 Å². The molecule has 0 saturated carbocycles. The Morgan fingerprint density at radius 1 is 1.75 bits per heavy atom. The number of hydrogen-bond donors (Lipinski definition) is 1. The van der Waals surface area contributed by atoms with Crippen LogP contribution in [0, 0.1) is 0 Å². The Morgan fingerprint density at radius 2 is 2.42 bits per heavy atom. The molecule has 1 amide bonds. The monoisotopic (exact) mass is 193 g/mol. The van der Waals surface area contributed by atoms with Crippen LogP contribution >= 0.6 is 11.6 Å². The number of hydrogen-bond acceptors (Lipinski definition) is 3. The minimum Gasteiger partial charge on any atom is -0.388 e. The fourth-order valence-electron chi connectivity index (χ4n) is 1.28. The lowest BCUT2D eigenvalue weighted by atomic mass is 10.3. The van der Waals surface area contributed by atoms with Crippen LogP contribution in [0.15, 0.2) is 0 Å². The fourth-order valence-corrected chi connectivity index (χ4v) is 1.45. The SMILES string of the molecule is CO[C@H]1CN(C(=O)CCl)C[C@H]1O. The number of carbonyl (C=O) groups is 1. The van der Waals surface area contributed by atoms with E-state index in [1.807, 2.05) is 0 Å². The summed E-state index contributed by atoms with van der Waals surface area (Å²) in [5.41, 5.74) is 0. The third-order valence-electron chi connectivity index (χ3n) is 2.01. The zero-order chi connectivity index (χ0) is 9.14. The van der Waals surface area contributed by atoms with Crippen LogP contribution in [0.5, 0.6) is 0 Å². The van der Waals surface area contributed by atoms with Crippen molar-refractivity contribution in [3.05, 3.63) is 0 Å². The first kappa shape index (κ1) is 9.77. The lowest BCUT2D eigenvalue weighted by Gasteiger charge is -2.13. The molecule has 1 fully saturated rings. The van der Waals surface area contributed by atoms with E-state index >= 15 is 0 Å². The van der Waals surface area contributed by atoms with Crippen LogP contribution in [0.1, 0.15) is 0 Å². The van der Waals surface area contributed by atoms with Gasteiger partial charge >= 0.3 is 0 Å². The van der Waals surface area contributed by atoms with Gasteiger partial charge in [0.25, 0.3) is 0 Å². The minimum atomic E-state index is -0.581. The van der Waals surface area contributed by atoms with Crippen LogP contribution < -0.4 is 0 Å². The molecule has 0 aromatic rings. The molecule has 5 heteroatoms. The maximum absolute atomic E-state index is 11.0. The summed E-state index contributed by atoms with van der Waals surface area (Å²) in [7, 11) is 1.52. The van der Waals surface area contributed by atoms with E-state index in [0.717, 1.165) is 0 Å². The molecule has 0 radical (unpaired) electrons. The topological polar surface area (TPSA) is 49.8 Å². The second-order valence-corrected chi connectivity index (χ2v) is 3.04. The maximum Gasteiger partial charge on any atom is 0.237 e. The van der Waals surface area contributed by atoms with Crippen LogP contribution in [0.3, 0.4) is 0 Å². The van der Waals surface area contributed by atoms with Gasteiger partial charge in [-0.2, -0.15) is 0 Å². The van der Waals surface area contributed by atoms with Crippen molar-refractivity contribution in [1.29, 1.82) is 0 Å². The second kappa shape index (κ2) is 4.07. The largest absolute Gasteiger partial charge is 0.388 e. The van der Waals surface area contributed by atoms with E-state index < -0.39 is 6.10 Å². The van der Waals surface area contributed by atoms with Crippen molar-refractivity contribution >= 4 is 17.5 Å². The number of halogens is 1. The number of aliphatic hydroxyl groups is 1. The number of nitrogens with zero attached hydrogens (tertiary/aromatic N) is 1. The van der Waals surface area contributed by atoms with Crippen molar-refractivity contribution in [3.63, 3.8) is 0 Å². The van der Waals surface area contributed by atoms with Crippen LogP contribution in [0.4, 0.5) is 0 Å². The lowest BCUT2D eigenvalue weighted by molar-refractivity contribution is -0.128. The average molecular weight is 194 g/mol. The van der Waals surface area contributed by atoms with Gasteiger partial charge in [0.05, 0.1) is 6.10 Å². The second-order valence-electron chi connectivity index (χ2n) is 2.77. The molecule has 1 heterocycles. The Labute approximate surface area is 76.1 Å². The highest BCUT2D eigenvalue weighted by Crippen LogP contribution is 2.12. The Hall–Kier alpha value is -0.320. The molecular weight excluding hydrogens is 182 g/mol. The highest BCUT2D eigenvalue weighted by molar-refractivity contribution is 6.27. The molecule has 2 atom stereocenters. The number of β-amino-alcohol motifs (C(OH)–C–C–N with tert-alkyl or cyclic N) is 1. The van der Waals surface area contributed by atoms with Gasteiger partial charge in [-0.1, -0.05) is 0 Å². The van der Waals surface area contributed by atoms with Gasteiger partial charge in [0.15, 0.2) is 0 Å². The summed E-state index contributed by atoms with van der Waals surface area (Å²) in [4.78, 5) is 12.6. The molecule has 12 heavy (non-hydrogen) atoms. The fraction of sp³-hybridized carbons (Fsp3) is 0.857. The Morgan fingerprint density at radius 3 is 2.83 bits per heavy atom. The van der Waals surface area contributed by atoms with Crippen molar-refractivity contribution < 1.29 is 14.6 Å². The number of aliphatic hydroxyl groups excluding tert-OH is 1. The van der Waals surface area contributed by atoms with Gasteiger partial charge in [-0.3, -0.25) is 4.79 Å². The normalized spacial score (nSPS) is 29.4. The first-order valence-corrected chi connectivity index (χ1v) is 4.27. The van der Waals surface area contributed by atoms with Gasteiger partial charge in [-0.25, -0.2) is 0 Å². The van der Waals surface area contributed by atoms with Gasteiger partial charge in [-0.15, -0.1) is 11.6 Å². The summed E-state index contributed by atoms with van der Waals surface area (Å²) in [6, 6.07) is 0. The van der Waals surface area contributed by atoms with E-state index in [4.69, 9.17) is 16.3 Å². The number of rotatable bonds is 2. The van der Waals surface area contributed by atoms with Gasteiger partial charge < -0.3 is 14.7 Å². The third kappa shape index (κ3) is 1.88. The highest BCUT2D eigenvalue weighted by Gasteiger charge is 2.33. The molecule has 1 aliphatic rings. The summed E-state index contributed by atoms with van der Waals surface area (Å²) in [5, 5.41) is 9.34. The molecule has 1 aliphatic heterocycles. The molecule has 70 valence electrons. The van der Waals surface area contributed by atoms with Crippen molar-refractivity contribution in [2.24, 2.45) is 0 Å². The van der Waals surface area contributed by atoms with Gasteiger partial charge in [0, 0.05) is 20.2 Å². The summed E-state index contributed by atoms with van der Waals surface area (Å²) >= 11 is 5.36. The third-order valence-corrected chi connectivity index (χ3v) is 2.24. The number of ether oxygens (including phenoxy) is 1. The van der Waals surface area contributed by atoms with Crippen LogP contribution in [0.2, 0.25) is 0 Å². The molecule has 1 N–H and O–H groups in total. The molecule has 4 nitrogen and oxygen atoms in total. The standard InChI is InChI=1S/C7H12ClNO3/c1-12-6-4-9(3-5(6)10)7(11)2-8/h5-6,10H,2-4H2,1H3/t5-,6+/m1/s1. The van der Waals surface area contributed by atoms with Crippen LogP contribution in [-0.2, 0) is 9.53 Å². The highest BCUT2D eigenvalue weighted by atomic mass is 35.5. The van der Waals surface area contributed by atoms with Crippen LogP contribution in [0.25, 0.3) is 0 Å². The molecule has 1 rings (SSSR count). The first-order valence-electron chi connectivity index (χ1n) is 3.73. The lowest BCUT2D eigenvalue weighted by Crippen LogP contribution is -2.30. The van der Waals surface area contributed by atoms with E-state index in [1.165, 1.54) is 12.0 Å². The molecule has 0 aromatic carbocycles. The summed E-state index contributed by atoms with van der Waals surface area (Å²) in [6.07, 6.45) is -0.848. The predicted molar refractivity (Wildman–Crippen MR) is 44.1 cm³/mol. The smallest absolute Gasteiger partial charge is 0.237 e. The molecule has 0 unspecified atom stereocenters. The molecule has 0 aromatic heterocycles. The first-order chi connectivity index (χ1) is 5.69. The summed E-state index contributed by atoms with van der Waals surface area (Å²) in [6.45, 7) is 0.757. The molecular formula is C7H12ClNO3. The van der Waals surface area contributed by atoms with Gasteiger partial charge in [0.2, 0.25) is 5.91 Å². The zero-order valence-corrected chi connectivity index (χ0v) is 7.62. The number of methoxy groups -OCH3 is 1. The van der Waals surface area contributed by atoms with Crippen LogP contribution in [-0.4, -0.2) is 54.2 Å². The van der Waals surface area contributed by atoms with Crippen molar-refractivity contribution in [2.75, 3.05) is 26.1 Å². The Balaban J connectivity index is 2.48. The number of carbonyl (C=O) groups excluding carboxylic acids is 1. The maximum atomic E-state index is 11.0. The average Bonchev–Trinajstić information content (AvgIpc) is 2.45. The number of likely N-dealkylation sites (tertiary alicyclic amines) is 1. The zero-order valence-electron chi connectivity index (χ0n) is 6.86. The van der Waals surface area contributed by atoms with E-state index in [0.29, 0.717) is 13.1 Å². The van der Waals surface area contributed by atoms with E-state index in [9.17, 15) is 9.90 Å². The van der Waals surface area contributed by atoms with Crippen molar-refractivity contribution in [1.82, 2.24) is 4.90 Å². The molecule has 0 spiro atoms. The van der Waals surface area contributed by atoms with E-state index in [2.05, 4.69) is 0 Å². The molecule has 1 saturated heterocycles. The Bertz CT molecular complexity index is 176. The number of amides is 1. The van der Waals surface area contributed by atoms with Crippen molar-refractivity contribution in [3.8, 4) is 0 Å². The Kier molecular flexibility index (Phi) is 3.31. The molecule has 0 aliphatic carbocycles. The van der Waals surface area contributed by atoms with Gasteiger partial charge in [-0.05, 0) is 0 Å². The van der Waals surface area contributed by atoms with E-state index in [-0.39, 0.29) is 17.9 Å². The molecule has 0 bridgehead atoms. The quantitative estimate of drug-likeness (QED) is 0.599. The predicted octanol–water partition coefficient (Wildman–Crippen LogP) is -0.557. The summed E-state index contributed by atoms with van der Waals surface area (Å²) < 4.78 is 4.96. The minimum absolute atomic E-state index is 0.0385. The van der Waals surface area contributed by atoms with Gasteiger partial charge in [0.1, 0.15) is 12.0 Å². The van der Waals surface area contributed by atoms with Crippen molar-refractivity contribution in [2.45, 2.75) is 12.2 Å². The number of alkyl halides is 1. The summed E-state index contributed by atoms with van der Waals surface area (Å²) in [5.74, 6) is -0.196.